The molecule has 7 heteroatoms. The highest BCUT2D eigenvalue weighted by atomic mass is 16.1. The van der Waals surface area contributed by atoms with Crippen LogP contribution in [0.25, 0.3) is 16.9 Å². The molecule has 128 valence electrons. The molecule has 1 N–H and O–H groups in total. The maximum absolute atomic E-state index is 12.7. The Balaban J connectivity index is 1.66. The molecule has 0 unspecified atom stereocenters. The maximum Gasteiger partial charge on any atom is 0.280 e. The quantitative estimate of drug-likeness (QED) is 0.793. The van der Waals surface area contributed by atoms with E-state index < -0.39 is 0 Å². The van der Waals surface area contributed by atoms with Crippen molar-refractivity contribution in [2.45, 2.75) is 19.8 Å². The predicted octanol–water partition coefficient (Wildman–Crippen LogP) is 2.25. The Labute approximate surface area is 145 Å². The number of nitrogens with one attached hydrogen (secondary N) is 1. The monoisotopic (exact) mass is 336 g/mol. The van der Waals surface area contributed by atoms with Gasteiger partial charge in [0.1, 0.15) is 12.1 Å². The highest BCUT2D eigenvalue weighted by molar-refractivity contribution is 5.60. The Hall–Kier alpha value is -2.96. The van der Waals surface area contributed by atoms with Crippen LogP contribution in [0.3, 0.4) is 0 Å². The van der Waals surface area contributed by atoms with Gasteiger partial charge in [0.25, 0.3) is 5.56 Å². The predicted molar refractivity (Wildman–Crippen MR) is 95.8 cm³/mol. The molecule has 3 aromatic heterocycles. The van der Waals surface area contributed by atoms with Crippen LogP contribution in [0.5, 0.6) is 0 Å². The molecule has 1 fully saturated rings. The highest BCUT2D eigenvalue weighted by Gasteiger charge is 2.18. The van der Waals surface area contributed by atoms with E-state index in [1.807, 2.05) is 18.2 Å². The Morgan fingerprint density at radius 2 is 2.00 bits per heavy atom. The summed E-state index contributed by atoms with van der Waals surface area (Å²) in [6.45, 7) is 4.25. The zero-order valence-corrected chi connectivity index (χ0v) is 14.1. The second kappa shape index (κ2) is 6.51. The van der Waals surface area contributed by atoms with E-state index in [4.69, 9.17) is 0 Å². The number of aromatic nitrogens is 5. The van der Waals surface area contributed by atoms with Crippen molar-refractivity contribution in [2.24, 2.45) is 5.92 Å². The fourth-order valence-corrected chi connectivity index (χ4v) is 3.14. The number of hydrogen-bond donors (Lipinski definition) is 1. The van der Waals surface area contributed by atoms with Crippen molar-refractivity contribution in [3.8, 4) is 16.9 Å². The molecule has 1 saturated heterocycles. The van der Waals surface area contributed by atoms with E-state index in [1.54, 1.807) is 18.6 Å². The summed E-state index contributed by atoms with van der Waals surface area (Å²) in [5.41, 5.74) is 1.20. The Bertz CT molecular complexity index is 909. The van der Waals surface area contributed by atoms with Crippen LogP contribution in [0, 0.1) is 5.92 Å². The third-order valence-corrected chi connectivity index (χ3v) is 4.72. The SMILES string of the molecule is CC1CCN(c2cc(-n3[nH]cc(-c4cccnc4)c3=O)ncn2)CC1. The van der Waals surface area contributed by atoms with Gasteiger partial charge in [-0.3, -0.25) is 14.9 Å². The first kappa shape index (κ1) is 15.6. The Morgan fingerprint density at radius 1 is 1.20 bits per heavy atom. The molecular weight excluding hydrogens is 316 g/mol. The number of aromatic amines is 1. The van der Waals surface area contributed by atoms with E-state index >= 15 is 0 Å². The van der Waals surface area contributed by atoms with Gasteiger partial charge >= 0.3 is 0 Å². The second-order valence-corrected chi connectivity index (χ2v) is 6.47. The van der Waals surface area contributed by atoms with Crippen molar-refractivity contribution >= 4 is 5.82 Å². The van der Waals surface area contributed by atoms with Crippen LogP contribution >= 0.6 is 0 Å². The molecule has 0 radical (unpaired) electrons. The van der Waals surface area contributed by atoms with Gasteiger partial charge < -0.3 is 4.90 Å². The molecule has 7 nitrogen and oxygen atoms in total. The van der Waals surface area contributed by atoms with E-state index in [-0.39, 0.29) is 5.56 Å². The number of rotatable bonds is 3. The summed E-state index contributed by atoms with van der Waals surface area (Å²) in [5, 5.41) is 2.99. The third-order valence-electron chi connectivity index (χ3n) is 4.72. The van der Waals surface area contributed by atoms with Gasteiger partial charge in [0.15, 0.2) is 5.82 Å². The van der Waals surface area contributed by atoms with E-state index in [2.05, 4.69) is 31.9 Å². The average Bonchev–Trinajstić information content (AvgIpc) is 3.05. The number of nitrogens with zero attached hydrogens (tertiary/aromatic N) is 5. The summed E-state index contributed by atoms with van der Waals surface area (Å²) in [7, 11) is 0. The lowest BCUT2D eigenvalue weighted by Gasteiger charge is -2.31. The van der Waals surface area contributed by atoms with Crippen LogP contribution in [-0.4, -0.2) is 37.8 Å². The molecule has 3 aromatic rings. The first-order valence-electron chi connectivity index (χ1n) is 8.50. The molecule has 1 aliphatic rings. The van der Waals surface area contributed by atoms with Gasteiger partial charge in [-0.25, -0.2) is 14.6 Å². The molecular formula is C18H20N6O. The minimum Gasteiger partial charge on any atom is -0.356 e. The van der Waals surface area contributed by atoms with Gasteiger partial charge in [-0.2, -0.15) is 0 Å². The highest BCUT2D eigenvalue weighted by Crippen LogP contribution is 2.22. The number of pyridine rings is 1. The van der Waals surface area contributed by atoms with Crippen molar-refractivity contribution in [2.75, 3.05) is 18.0 Å². The average molecular weight is 336 g/mol. The summed E-state index contributed by atoms with van der Waals surface area (Å²) in [6, 6.07) is 5.54. The topological polar surface area (TPSA) is 79.7 Å². The number of anilines is 1. The molecule has 0 bridgehead atoms. The van der Waals surface area contributed by atoms with Crippen molar-refractivity contribution in [3.05, 3.63) is 53.5 Å². The molecule has 0 atom stereocenters. The zero-order valence-electron chi connectivity index (χ0n) is 14.1. The molecule has 0 aromatic carbocycles. The van der Waals surface area contributed by atoms with Gasteiger partial charge in [0.05, 0.1) is 5.56 Å². The molecule has 4 rings (SSSR count). The normalized spacial score (nSPS) is 15.5. The standard InChI is InChI=1S/C18H20N6O/c1-13-4-7-23(8-5-13)16-9-17(21-12-20-16)24-18(25)15(11-22-24)14-3-2-6-19-10-14/h2-3,6,9-13,22H,4-5,7-8H2,1H3. The van der Waals surface area contributed by atoms with Crippen LogP contribution in [0.2, 0.25) is 0 Å². The van der Waals surface area contributed by atoms with Crippen LogP contribution in [-0.2, 0) is 0 Å². The van der Waals surface area contributed by atoms with Crippen molar-refractivity contribution in [1.29, 1.82) is 0 Å². The summed E-state index contributed by atoms with van der Waals surface area (Å²) < 4.78 is 1.44. The summed E-state index contributed by atoms with van der Waals surface area (Å²) in [4.78, 5) is 27.7. The van der Waals surface area contributed by atoms with Crippen LogP contribution in [0.1, 0.15) is 19.8 Å². The lowest BCUT2D eigenvalue weighted by Crippen LogP contribution is -2.33. The smallest absolute Gasteiger partial charge is 0.280 e. The van der Waals surface area contributed by atoms with Crippen LogP contribution in [0.4, 0.5) is 5.82 Å². The van der Waals surface area contributed by atoms with Crippen LogP contribution < -0.4 is 10.5 Å². The largest absolute Gasteiger partial charge is 0.356 e. The Kier molecular flexibility index (Phi) is 4.05. The molecule has 4 heterocycles. The first-order valence-corrected chi connectivity index (χ1v) is 8.50. The number of H-pyrrole nitrogens is 1. The molecule has 0 spiro atoms. The lowest BCUT2D eigenvalue weighted by molar-refractivity contribution is 0.436. The second-order valence-electron chi connectivity index (χ2n) is 6.47. The van der Waals surface area contributed by atoms with Gasteiger partial charge in [0.2, 0.25) is 0 Å². The van der Waals surface area contributed by atoms with E-state index in [0.29, 0.717) is 11.4 Å². The van der Waals surface area contributed by atoms with E-state index in [9.17, 15) is 4.79 Å². The summed E-state index contributed by atoms with van der Waals surface area (Å²) in [5.74, 6) is 2.16. The maximum atomic E-state index is 12.7. The summed E-state index contributed by atoms with van der Waals surface area (Å²) >= 11 is 0. The van der Waals surface area contributed by atoms with Gasteiger partial charge in [-0.05, 0) is 24.8 Å². The molecule has 25 heavy (non-hydrogen) atoms. The van der Waals surface area contributed by atoms with E-state index in [0.717, 1.165) is 43.2 Å². The minimum atomic E-state index is -0.148. The van der Waals surface area contributed by atoms with Crippen LogP contribution in [0.15, 0.2) is 47.9 Å². The van der Waals surface area contributed by atoms with Crippen molar-refractivity contribution < 1.29 is 0 Å². The fraction of sp³-hybridized carbons (Fsp3) is 0.333. The molecule has 1 aliphatic heterocycles. The molecule has 0 aliphatic carbocycles. The molecule has 0 amide bonds. The van der Waals surface area contributed by atoms with Crippen molar-refractivity contribution in [1.82, 2.24) is 24.7 Å². The van der Waals surface area contributed by atoms with Gasteiger partial charge in [-0.1, -0.05) is 13.0 Å². The fourth-order valence-electron chi connectivity index (χ4n) is 3.14. The van der Waals surface area contributed by atoms with Gasteiger partial charge in [-0.15, -0.1) is 0 Å². The van der Waals surface area contributed by atoms with E-state index in [1.165, 1.54) is 11.0 Å². The molecule has 0 saturated carbocycles. The van der Waals surface area contributed by atoms with Crippen molar-refractivity contribution in [3.63, 3.8) is 0 Å². The van der Waals surface area contributed by atoms with Gasteiger partial charge in [0, 0.05) is 43.3 Å². The zero-order chi connectivity index (χ0) is 17.2. The number of hydrogen-bond acceptors (Lipinski definition) is 5. The summed E-state index contributed by atoms with van der Waals surface area (Å²) in [6.07, 6.45) is 8.88. The first-order chi connectivity index (χ1) is 12.2. The lowest BCUT2D eigenvalue weighted by atomic mass is 9.99. The number of piperidine rings is 1. The minimum absolute atomic E-state index is 0.148. The Morgan fingerprint density at radius 3 is 2.76 bits per heavy atom. The third kappa shape index (κ3) is 3.05.